The molecule has 0 bridgehead atoms. The Balaban J connectivity index is 1.54. The summed E-state index contributed by atoms with van der Waals surface area (Å²) in [7, 11) is 0. The summed E-state index contributed by atoms with van der Waals surface area (Å²) in [6.07, 6.45) is 4.70. The van der Waals surface area contributed by atoms with E-state index in [-0.39, 0.29) is 5.91 Å². The third kappa shape index (κ3) is 4.08. The number of aromatic nitrogens is 2. The third-order valence-electron chi connectivity index (χ3n) is 3.73. The summed E-state index contributed by atoms with van der Waals surface area (Å²) < 4.78 is 5.23. The number of benzene rings is 1. The van der Waals surface area contributed by atoms with Gasteiger partial charge in [0.05, 0.1) is 5.75 Å². The maximum atomic E-state index is 11.9. The van der Waals surface area contributed by atoms with Crippen LogP contribution in [0.4, 0.5) is 0 Å². The smallest absolute Gasteiger partial charge is 0.230 e. The summed E-state index contributed by atoms with van der Waals surface area (Å²) in [5.41, 5.74) is 2.22. The first-order valence-electron chi connectivity index (χ1n) is 7.53. The fourth-order valence-corrected chi connectivity index (χ4v) is 4.06. The van der Waals surface area contributed by atoms with Gasteiger partial charge in [0.1, 0.15) is 0 Å². The molecule has 0 unspecified atom stereocenters. The molecule has 116 valence electrons. The van der Waals surface area contributed by atoms with E-state index in [4.69, 9.17) is 0 Å². The highest BCUT2D eigenvalue weighted by Gasteiger charge is 2.17. The maximum absolute atomic E-state index is 11.9. The first-order valence-corrected chi connectivity index (χ1v) is 9.29. The number of amides is 1. The molecule has 3 rings (SSSR count). The molecule has 1 aromatic heterocycles. The Bertz CT molecular complexity index is 650. The van der Waals surface area contributed by atoms with Crippen molar-refractivity contribution in [2.45, 2.75) is 43.0 Å². The van der Waals surface area contributed by atoms with Crippen LogP contribution in [-0.4, -0.2) is 27.1 Å². The highest BCUT2D eigenvalue weighted by Crippen LogP contribution is 2.25. The number of hydrogen-bond acceptors (Lipinski definition) is 5. The van der Waals surface area contributed by atoms with Gasteiger partial charge in [0.15, 0.2) is 10.2 Å². The first kappa shape index (κ1) is 15.5. The van der Waals surface area contributed by atoms with Crippen LogP contribution < -0.4 is 5.32 Å². The molecule has 1 heterocycles. The Morgan fingerprint density at radius 3 is 3.00 bits per heavy atom. The van der Waals surface area contributed by atoms with E-state index in [1.807, 2.05) is 12.1 Å². The highest BCUT2D eigenvalue weighted by molar-refractivity contribution is 8.01. The van der Waals surface area contributed by atoms with Crippen LogP contribution in [0, 0.1) is 6.92 Å². The molecule has 0 saturated heterocycles. The zero-order valence-corrected chi connectivity index (χ0v) is 14.2. The molecule has 1 aliphatic rings. The van der Waals surface area contributed by atoms with Crippen molar-refractivity contribution in [3.63, 3.8) is 0 Å². The van der Waals surface area contributed by atoms with E-state index in [0.29, 0.717) is 11.8 Å². The molecule has 1 fully saturated rings. The van der Waals surface area contributed by atoms with Gasteiger partial charge >= 0.3 is 0 Å². The van der Waals surface area contributed by atoms with E-state index in [1.54, 1.807) is 0 Å². The summed E-state index contributed by atoms with van der Waals surface area (Å²) in [6.45, 7) is 2.05. The minimum absolute atomic E-state index is 0.101. The average molecular weight is 333 g/mol. The molecule has 2 aromatic rings. The SMILES string of the molecule is Cc1cccc(-c2nsc(SCC(=O)NC3CCCC3)n2)c1. The number of aryl methyl sites for hydroxylation is 1. The van der Waals surface area contributed by atoms with Crippen molar-refractivity contribution in [2.75, 3.05) is 5.75 Å². The van der Waals surface area contributed by atoms with E-state index in [0.717, 1.165) is 28.6 Å². The van der Waals surface area contributed by atoms with Crippen molar-refractivity contribution in [2.24, 2.45) is 0 Å². The minimum atomic E-state index is 0.101. The fourth-order valence-electron chi connectivity index (χ4n) is 2.64. The second kappa shape index (κ2) is 7.24. The van der Waals surface area contributed by atoms with E-state index in [2.05, 4.69) is 33.7 Å². The molecule has 6 heteroatoms. The van der Waals surface area contributed by atoms with E-state index >= 15 is 0 Å². The van der Waals surface area contributed by atoms with Gasteiger partial charge in [-0.05, 0) is 37.4 Å². The minimum Gasteiger partial charge on any atom is -0.353 e. The summed E-state index contributed by atoms with van der Waals surface area (Å²) >= 11 is 2.82. The summed E-state index contributed by atoms with van der Waals surface area (Å²) in [5.74, 6) is 1.26. The lowest BCUT2D eigenvalue weighted by Crippen LogP contribution is -2.33. The third-order valence-corrected chi connectivity index (χ3v) is 5.56. The van der Waals surface area contributed by atoms with Gasteiger partial charge in [0, 0.05) is 11.6 Å². The zero-order valence-electron chi connectivity index (χ0n) is 12.5. The molecule has 1 aromatic carbocycles. The van der Waals surface area contributed by atoms with Crippen LogP contribution >= 0.6 is 23.3 Å². The summed E-state index contributed by atoms with van der Waals surface area (Å²) in [6, 6.07) is 8.52. The van der Waals surface area contributed by atoms with Crippen molar-refractivity contribution in [3.8, 4) is 11.4 Å². The van der Waals surface area contributed by atoms with Gasteiger partial charge in [-0.3, -0.25) is 4.79 Å². The van der Waals surface area contributed by atoms with Gasteiger partial charge in [-0.15, -0.1) is 0 Å². The molecular formula is C16H19N3OS2. The molecule has 0 atom stereocenters. The lowest BCUT2D eigenvalue weighted by atomic mass is 10.1. The Labute approximate surface area is 138 Å². The molecule has 1 aliphatic carbocycles. The van der Waals surface area contributed by atoms with Crippen molar-refractivity contribution in [1.82, 2.24) is 14.7 Å². The normalized spacial score (nSPS) is 15.1. The molecule has 1 saturated carbocycles. The van der Waals surface area contributed by atoms with Crippen LogP contribution in [0.3, 0.4) is 0 Å². The molecule has 0 aliphatic heterocycles. The van der Waals surface area contributed by atoms with Gasteiger partial charge in [0.25, 0.3) is 0 Å². The molecule has 22 heavy (non-hydrogen) atoms. The average Bonchev–Trinajstić information content (AvgIpc) is 3.16. The number of nitrogens with zero attached hydrogens (tertiary/aromatic N) is 2. The predicted octanol–water partition coefficient (Wildman–Crippen LogP) is 3.66. The van der Waals surface area contributed by atoms with Gasteiger partial charge < -0.3 is 5.32 Å². The lowest BCUT2D eigenvalue weighted by Gasteiger charge is -2.10. The van der Waals surface area contributed by atoms with Crippen LogP contribution in [-0.2, 0) is 4.79 Å². The van der Waals surface area contributed by atoms with Crippen molar-refractivity contribution in [1.29, 1.82) is 0 Å². The first-order chi connectivity index (χ1) is 10.7. The zero-order chi connectivity index (χ0) is 15.4. The number of hydrogen-bond donors (Lipinski definition) is 1. The summed E-state index contributed by atoms with van der Waals surface area (Å²) in [4.78, 5) is 16.4. The summed E-state index contributed by atoms with van der Waals surface area (Å²) in [5, 5.41) is 3.09. The van der Waals surface area contributed by atoms with Gasteiger partial charge in [-0.2, -0.15) is 4.37 Å². The Morgan fingerprint density at radius 1 is 1.41 bits per heavy atom. The largest absolute Gasteiger partial charge is 0.353 e. The number of rotatable bonds is 5. The van der Waals surface area contributed by atoms with Gasteiger partial charge in [-0.25, -0.2) is 4.98 Å². The van der Waals surface area contributed by atoms with Crippen molar-refractivity contribution in [3.05, 3.63) is 29.8 Å². The number of nitrogens with one attached hydrogen (secondary N) is 1. The molecular weight excluding hydrogens is 314 g/mol. The van der Waals surface area contributed by atoms with Crippen molar-refractivity contribution >= 4 is 29.2 Å². The lowest BCUT2D eigenvalue weighted by molar-refractivity contribution is -0.119. The van der Waals surface area contributed by atoms with E-state index in [1.165, 1.54) is 41.7 Å². The van der Waals surface area contributed by atoms with Crippen LogP contribution in [0.5, 0.6) is 0 Å². The second-order valence-corrected chi connectivity index (χ2v) is 7.57. The fraction of sp³-hybridized carbons (Fsp3) is 0.438. The molecule has 0 spiro atoms. The van der Waals surface area contributed by atoms with E-state index in [9.17, 15) is 4.79 Å². The standard InChI is InChI=1S/C16H19N3OS2/c1-11-5-4-6-12(9-11)15-18-16(22-19-15)21-10-14(20)17-13-7-2-3-8-13/h4-6,9,13H,2-3,7-8,10H2,1H3,(H,17,20). The molecule has 1 N–H and O–H groups in total. The Hall–Kier alpha value is -1.40. The topological polar surface area (TPSA) is 54.9 Å². The van der Waals surface area contributed by atoms with Crippen LogP contribution in [0.25, 0.3) is 11.4 Å². The monoisotopic (exact) mass is 333 g/mol. The quantitative estimate of drug-likeness (QED) is 0.848. The molecule has 1 amide bonds. The van der Waals surface area contributed by atoms with Crippen LogP contribution in [0.15, 0.2) is 28.6 Å². The van der Waals surface area contributed by atoms with Crippen molar-refractivity contribution < 1.29 is 4.79 Å². The number of carbonyl (C=O) groups excluding carboxylic acids is 1. The predicted molar refractivity (Wildman–Crippen MR) is 91.2 cm³/mol. The van der Waals surface area contributed by atoms with Gasteiger partial charge in [0.2, 0.25) is 5.91 Å². The maximum Gasteiger partial charge on any atom is 0.230 e. The van der Waals surface area contributed by atoms with Crippen LogP contribution in [0.2, 0.25) is 0 Å². The van der Waals surface area contributed by atoms with Gasteiger partial charge in [-0.1, -0.05) is 48.4 Å². The second-order valence-electron chi connectivity index (χ2n) is 5.59. The number of carbonyl (C=O) groups is 1. The Morgan fingerprint density at radius 2 is 2.23 bits per heavy atom. The Kier molecular flexibility index (Phi) is 5.10. The van der Waals surface area contributed by atoms with E-state index < -0.39 is 0 Å². The highest BCUT2D eigenvalue weighted by atomic mass is 32.2. The molecule has 4 nitrogen and oxygen atoms in total. The molecule has 0 radical (unpaired) electrons. The number of thioether (sulfide) groups is 1. The van der Waals surface area contributed by atoms with Crippen LogP contribution in [0.1, 0.15) is 31.2 Å².